The van der Waals surface area contributed by atoms with Crippen LogP contribution in [0.25, 0.3) is 0 Å². The van der Waals surface area contributed by atoms with E-state index in [9.17, 15) is 10.2 Å². The number of hydrogen-bond acceptors (Lipinski definition) is 4. The second-order valence-corrected chi connectivity index (χ2v) is 4.13. The van der Waals surface area contributed by atoms with Crippen molar-refractivity contribution in [3.05, 3.63) is 35.7 Å². The highest BCUT2D eigenvalue weighted by atomic mass is 35.5. The van der Waals surface area contributed by atoms with Gasteiger partial charge in [-0.2, -0.15) is 5.10 Å². The smallest absolute Gasteiger partial charge is 0.124 e. The third kappa shape index (κ3) is 3.32. The van der Waals surface area contributed by atoms with Crippen LogP contribution >= 0.6 is 12.4 Å². The molecular weight excluding hydrogens is 266 g/mol. The number of aromatic nitrogens is 2. The van der Waals surface area contributed by atoms with E-state index in [1.165, 1.54) is 6.07 Å². The molecule has 0 amide bonds. The zero-order valence-corrected chi connectivity index (χ0v) is 11.7. The Balaban J connectivity index is 0.00000180. The summed E-state index contributed by atoms with van der Waals surface area (Å²) < 4.78 is 1.90. The minimum Gasteiger partial charge on any atom is -0.508 e. The highest BCUT2D eigenvalue weighted by Crippen LogP contribution is 2.24. The van der Waals surface area contributed by atoms with Gasteiger partial charge in [0.05, 0.1) is 17.6 Å². The zero-order valence-electron chi connectivity index (χ0n) is 10.9. The van der Waals surface area contributed by atoms with Gasteiger partial charge < -0.3 is 15.5 Å². The molecule has 0 radical (unpaired) electrons. The minimum absolute atomic E-state index is 0. The first-order chi connectivity index (χ1) is 8.61. The van der Waals surface area contributed by atoms with E-state index < -0.39 is 0 Å². The number of anilines is 1. The molecule has 2 aromatic rings. The number of nitrogens with one attached hydrogen (secondary N) is 1. The Morgan fingerprint density at radius 1 is 1.32 bits per heavy atom. The first-order valence-corrected chi connectivity index (χ1v) is 5.89. The molecule has 0 fully saturated rings. The van der Waals surface area contributed by atoms with Gasteiger partial charge in [-0.15, -0.1) is 12.4 Å². The second kappa shape index (κ2) is 6.33. The van der Waals surface area contributed by atoms with Gasteiger partial charge in [-0.25, -0.2) is 0 Å². The third-order valence-electron chi connectivity index (χ3n) is 2.94. The molecule has 19 heavy (non-hydrogen) atoms. The second-order valence-electron chi connectivity index (χ2n) is 4.13. The molecule has 0 aliphatic rings. The molecule has 1 aromatic heterocycles. The number of rotatable bonds is 4. The average Bonchev–Trinajstić information content (AvgIpc) is 2.69. The lowest BCUT2D eigenvalue weighted by Gasteiger charge is -2.08. The van der Waals surface area contributed by atoms with Crippen LogP contribution in [-0.4, -0.2) is 20.0 Å². The molecule has 0 saturated heterocycles. The van der Waals surface area contributed by atoms with Gasteiger partial charge >= 0.3 is 0 Å². The van der Waals surface area contributed by atoms with Crippen molar-refractivity contribution in [3.8, 4) is 11.5 Å². The highest BCUT2D eigenvalue weighted by Gasteiger charge is 2.06. The number of aryl methyl sites for hydroxylation is 1. The summed E-state index contributed by atoms with van der Waals surface area (Å²) in [6.07, 6.45) is 1.77. The predicted octanol–water partition coefficient (Wildman–Crippen LogP) is 2.66. The fourth-order valence-corrected chi connectivity index (χ4v) is 1.83. The number of phenolic OH excluding ortho intramolecular Hbond substituents is 2. The number of nitrogens with zero attached hydrogens (tertiary/aromatic N) is 2. The molecule has 1 aromatic carbocycles. The normalized spacial score (nSPS) is 10.0. The first kappa shape index (κ1) is 15.2. The maximum atomic E-state index is 9.67. The molecule has 0 spiro atoms. The van der Waals surface area contributed by atoms with Crippen LogP contribution in [0.5, 0.6) is 11.5 Å². The van der Waals surface area contributed by atoms with E-state index in [4.69, 9.17) is 0 Å². The molecule has 104 valence electrons. The van der Waals surface area contributed by atoms with Gasteiger partial charge in [-0.05, 0) is 26.0 Å². The van der Waals surface area contributed by atoms with Crippen LogP contribution in [0.3, 0.4) is 0 Å². The van der Waals surface area contributed by atoms with E-state index >= 15 is 0 Å². The summed E-state index contributed by atoms with van der Waals surface area (Å²) in [5.74, 6) is 0.147. The molecule has 1 heterocycles. The first-order valence-electron chi connectivity index (χ1n) is 5.89. The van der Waals surface area contributed by atoms with Crippen LogP contribution in [0, 0.1) is 6.92 Å². The van der Waals surface area contributed by atoms with Crippen LogP contribution in [-0.2, 0) is 13.1 Å². The Bertz CT molecular complexity index is 555. The van der Waals surface area contributed by atoms with Gasteiger partial charge in [-0.3, -0.25) is 4.68 Å². The standard InChI is InChI=1S/C13H17N3O2.ClH/c1-3-16-9(2)12(8-15-16)14-7-10-4-5-11(17)6-13(10)18;/h4-6,8,14,17-18H,3,7H2,1-2H3;1H. The monoisotopic (exact) mass is 283 g/mol. The zero-order chi connectivity index (χ0) is 13.1. The van der Waals surface area contributed by atoms with Crippen LogP contribution < -0.4 is 5.32 Å². The quantitative estimate of drug-likeness (QED) is 0.807. The largest absolute Gasteiger partial charge is 0.508 e. The van der Waals surface area contributed by atoms with Gasteiger partial charge in [0, 0.05) is 24.7 Å². The van der Waals surface area contributed by atoms with E-state index in [2.05, 4.69) is 10.4 Å². The van der Waals surface area contributed by atoms with Crippen molar-refractivity contribution >= 4 is 18.1 Å². The van der Waals surface area contributed by atoms with Crippen LogP contribution in [0.1, 0.15) is 18.2 Å². The van der Waals surface area contributed by atoms with Crippen molar-refractivity contribution in [2.75, 3.05) is 5.32 Å². The third-order valence-corrected chi connectivity index (χ3v) is 2.94. The van der Waals surface area contributed by atoms with E-state index in [1.807, 2.05) is 18.5 Å². The van der Waals surface area contributed by atoms with Gasteiger partial charge in [0.1, 0.15) is 11.5 Å². The number of aromatic hydroxyl groups is 2. The summed E-state index contributed by atoms with van der Waals surface area (Å²) in [4.78, 5) is 0. The molecule has 6 heteroatoms. The molecule has 0 bridgehead atoms. The summed E-state index contributed by atoms with van der Waals surface area (Å²) in [7, 11) is 0. The van der Waals surface area contributed by atoms with Gasteiger partial charge in [0.2, 0.25) is 0 Å². The molecule has 3 N–H and O–H groups in total. The summed E-state index contributed by atoms with van der Waals surface area (Å²) in [6.45, 7) is 5.35. The Labute approximate surface area is 118 Å². The summed E-state index contributed by atoms with van der Waals surface area (Å²) in [6, 6.07) is 4.58. The molecule has 2 rings (SSSR count). The lowest BCUT2D eigenvalue weighted by Crippen LogP contribution is -2.02. The maximum absolute atomic E-state index is 9.67. The van der Waals surface area contributed by atoms with Crippen molar-refractivity contribution in [2.24, 2.45) is 0 Å². The molecule has 0 atom stereocenters. The number of phenols is 2. The lowest BCUT2D eigenvalue weighted by atomic mass is 10.2. The predicted molar refractivity (Wildman–Crippen MR) is 77.0 cm³/mol. The summed E-state index contributed by atoms with van der Waals surface area (Å²) in [5, 5.41) is 26.3. The van der Waals surface area contributed by atoms with Gasteiger partial charge in [0.15, 0.2) is 0 Å². The summed E-state index contributed by atoms with van der Waals surface area (Å²) >= 11 is 0. The van der Waals surface area contributed by atoms with E-state index in [0.29, 0.717) is 6.54 Å². The van der Waals surface area contributed by atoms with Crippen LogP contribution in [0.2, 0.25) is 0 Å². The van der Waals surface area contributed by atoms with Crippen molar-refractivity contribution in [3.63, 3.8) is 0 Å². The number of hydrogen-bond donors (Lipinski definition) is 3. The number of benzene rings is 1. The van der Waals surface area contributed by atoms with Crippen LogP contribution in [0.4, 0.5) is 5.69 Å². The molecule has 5 nitrogen and oxygen atoms in total. The Hall–Kier alpha value is -1.88. The average molecular weight is 284 g/mol. The topological polar surface area (TPSA) is 70.3 Å². The molecule has 0 saturated carbocycles. The number of halogens is 1. The molecular formula is C13H18ClN3O2. The van der Waals surface area contributed by atoms with Crippen molar-refractivity contribution < 1.29 is 10.2 Å². The highest BCUT2D eigenvalue weighted by molar-refractivity contribution is 5.85. The van der Waals surface area contributed by atoms with Gasteiger partial charge in [-0.1, -0.05) is 0 Å². The fourth-order valence-electron chi connectivity index (χ4n) is 1.83. The Morgan fingerprint density at radius 3 is 2.63 bits per heavy atom. The lowest BCUT2D eigenvalue weighted by molar-refractivity contribution is 0.446. The molecule has 0 aliphatic heterocycles. The Kier molecular flexibility index (Phi) is 5.06. The molecule has 0 unspecified atom stereocenters. The van der Waals surface area contributed by atoms with Gasteiger partial charge in [0.25, 0.3) is 0 Å². The van der Waals surface area contributed by atoms with Crippen LogP contribution in [0.15, 0.2) is 24.4 Å². The molecule has 0 aliphatic carbocycles. The Morgan fingerprint density at radius 2 is 2.05 bits per heavy atom. The summed E-state index contributed by atoms with van der Waals surface area (Å²) in [5.41, 5.74) is 2.75. The fraction of sp³-hybridized carbons (Fsp3) is 0.308. The van der Waals surface area contributed by atoms with Crippen molar-refractivity contribution in [1.29, 1.82) is 0 Å². The SMILES string of the molecule is CCn1ncc(NCc2ccc(O)cc2O)c1C.Cl. The van der Waals surface area contributed by atoms with Crippen molar-refractivity contribution in [2.45, 2.75) is 26.9 Å². The van der Waals surface area contributed by atoms with E-state index in [0.717, 1.165) is 23.5 Å². The minimum atomic E-state index is 0. The van der Waals surface area contributed by atoms with E-state index in [-0.39, 0.29) is 23.9 Å². The van der Waals surface area contributed by atoms with Crippen molar-refractivity contribution in [1.82, 2.24) is 9.78 Å². The van der Waals surface area contributed by atoms with E-state index in [1.54, 1.807) is 18.3 Å². The maximum Gasteiger partial charge on any atom is 0.124 e.